The van der Waals surface area contributed by atoms with Gasteiger partial charge in [-0.3, -0.25) is 4.79 Å². The summed E-state index contributed by atoms with van der Waals surface area (Å²) in [7, 11) is 1.69. The van der Waals surface area contributed by atoms with E-state index in [4.69, 9.17) is 4.74 Å². The molecule has 5 nitrogen and oxygen atoms in total. The molecular weight excluding hydrogens is 256 g/mol. The van der Waals surface area contributed by atoms with Crippen LogP contribution in [0.4, 0.5) is 11.4 Å². The van der Waals surface area contributed by atoms with Gasteiger partial charge in [0.15, 0.2) is 6.10 Å². The van der Waals surface area contributed by atoms with Crippen LogP contribution in [0.5, 0.6) is 0 Å². The molecule has 1 aromatic carbocycles. The van der Waals surface area contributed by atoms with Crippen LogP contribution in [-0.4, -0.2) is 37.3 Å². The van der Waals surface area contributed by atoms with Crippen molar-refractivity contribution in [1.29, 1.82) is 0 Å². The van der Waals surface area contributed by atoms with Gasteiger partial charge in [-0.1, -0.05) is 13.0 Å². The molecule has 1 amide bonds. The highest BCUT2D eigenvalue weighted by molar-refractivity contribution is 6.02. The van der Waals surface area contributed by atoms with Gasteiger partial charge >= 0.3 is 0 Å². The molecule has 1 aliphatic heterocycles. The molecule has 0 aliphatic carbocycles. The number of carbonyl (C=O) groups is 1. The average Bonchev–Trinajstić information content (AvgIpc) is 2.74. The van der Waals surface area contributed by atoms with Crippen molar-refractivity contribution >= 4 is 17.3 Å². The third kappa shape index (κ3) is 2.78. The maximum atomic E-state index is 11.5. The highest BCUT2D eigenvalue weighted by atomic mass is 16.5. The first-order valence-corrected chi connectivity index (χ1v) is 6.97. The van der Waals surface area contributed by atoms with Gasteiger partial charge in [-0.25, -0.2) is 0 Å². The second-order valence-corrected chi connectivity index (χ2v) is 5.11. The summed E-state index contributed by atoms with van der Waals surface area (Å²) in [4.78, 5) is 13.7. The van der Waals surface area contributed by atoms with Crippen molar-refractivity contribution in [1.82, 2.24) is 0 Å². The van der Waals surface area contributed by atoms with E-state index in [1.165, 1.54) is 0 Å². The Kier molecular flexibility index (Phi) is 4.62. The van der Waals surface area contributed by atoms with E-state index < -0.39 is 6.10 Å². The normalized spacial score (nSPS) is 18.6. The Morgan fingerprint density at radius 2 is 2.25 bits per heavy atom. The van der Waals surface area contributed by atoms with E-state index >= 15 is 0 Å². The number of nitrogens with one attached hydrogen (secondary N) is 1. The lowest BCUT2D eigenvalue weighted by atomic mass is 10.1. The van der Waals surface area contributed by atoms with Gasteiger partial charge in [0.25, 0.3) is 5.91 Å². The second-order valence-electron chi connectivity index (χ2n) is 5.11. The van der Waals surface area contributed by atoms with Crippen molar-refractivity contribution < 1.29 is 14.6 Å². The summed E-state index contributed by atoms with van der Waals surface area (Å²) < 4.78 is 5.16. The van der Waals surface area contributed by atoms with Gasteiger partial charge in [-0.2, -0.15) is 0 Å². The summed E-state index contributed by atoms with van der Waals surface area (Å²) in [6.07, 6.45) is -0.0226. The highest BCUT2D eigenvalue weighted by Crippen LogP contribution is 2.34. The molecule has 0 saturated carbocycles. The fourth-order valence-corrected chi connectivity index (χ4v) is 2.43. The van der Waals surface area contributed by atoms with Crippen LogP contribution in [0.15, 0.2) is 18.2 Å². The van der Waals surface area contributed by atoms with E-state index in [0.29, 0.717) is 23.9 Å². The summed E-state index contributed by atoms with van der Waals surface area (Å²) in [5, 5.41) is 12.4. The maximum absolute atomic E-state index is 11.5. The molecule has 2 atom stereocenters. The molecular formula is C15H22N2O3. The number of benzene rings is 1. The third-order valence-electron chi connectivity index (χ3n) is 3.83. The molecule has 2 unspecified atom stereocenters. The molecule has 0 spiro atoms. The Bertz CT molecular complexity index is 490. The fourth-order valence-electron chi connectivity index (χ4n) is 2.43. The number of hydrogen-bond acceptors (Lipinski definition) is 4. The molecule has 0 radical (unpaired) electrons. The molecule has 2 rings (SSSR count). The summed E-state index contributed by atoms with van der Waals surface area (Å²) in [5.74, 6) is -0.357. The molecule has 0 fully saturated rings. The van der Waals surface area contributed by atoms with Gasteiger partial charge in [0.05, 0.1) is 6.61 Å². The largest absolute Gasteiger partial charge is 0.383 e. The van der Waals surface area contributed by atoms with E-state index in [2.05, 4.69) is 24.1 Å². The maximum Gasteiger partial charge on any atom is 0.257 e. The highest BCUT2D eigenvalue weighted by Gasteiger charge is 2.29. The van der Waals surface area contributed by atoms with Gasteiger partial charge in [0.2, 0.25) is 0 Å². The van der Waals surface area contributed by atoms with E-state index in [1.54, 1.807) is 7.11 Å². The van der Waals surface area contributed by atoms with Crippen LogP contribution in [0, 0.1) is 0 Å². The van der Waals surface area contributed by atoms with Crippen LogP contribution in [0.3, 0.4) is 0 Å². The molecule has 0 aromatic heterocycles. The number of nitrogens with zero attached hydrogens (tertiary/aromatic N) is 1. The van der Waals surface area contributed by atoms with E-state index in [9.17, 15) is 9.90 Å². The van der Waals surface area contributed by atoms with Crippen LogP contribution in [0.25, 0.3) is 0 Å². The fraction of sp³-hybridized carbons (Fsp3) is 0.533. The van der Waals surface area contributed by atoms with Gasteiger partial charge in [-0.05, 0) is 25.5 Å². The zero-order valence-electron chi connectivity index (χ0n) is 12.2. The summed E-state index contributed by atoms with van der Waals surface area (Å²) >= 11 is 0. The van der Waals surface area contributed by atoms with E-state index in [0.717, 1.165) is 18.7 Å². The molecule has 5 heteroatoms. The number of anilines is 2. The van der Waals surface area contributed by atoms with E-state index in [-0.39, 0.29) is 5.91 Å². The average molecular weight is 278 g/mol. The minimum atomic E-state index is -1.05. The van der Waals surface area contributed by atoms with Crippen LogP contribution in [-0.2, 0) is 9.53 Å². The number of fused-ring (bicyclic) bond motifs is 1. The van der Waals surface area contributed by atoms with Crippen LogP contribution < -0.4 is 10.2 Å². The Hall–Kier alpha value is -1.59. The number of aliphatic hydroxyl groups is 1. The Labute approximate surface area is 119 Å². The summed E-state index contributed by atoms with van der Waals surface area (Å²) in [5.41, 5.74) is 2.38. The first-order chi connectivity index (χ1) is 9.58. The van der Waals surface area contributed by atoms with Crippen LogP contribution in [0.2, 0.25) is 0 Å². The summed E-state index contributed by atoms with van der Waals surface area (Å²) in [6, 6.07) is 6.07. The number of aliphatic hydroxyl groups excluding tert-OH is 1. The van der Waals surface area contributed by atoms with Crippen molar-refractivity contribution in [3.63, 3.8) is 0 Å². The minimum Gasteiger partial charge on any atom is -0.383 e. The number of methoxy groups -OCH3 is 1. The molecule has 110 valence electrons. The van der Waals surface area contributed by atoms with Crippen LogP contribution in [0.1, 0.15) is 31.9 Å². The number of rotatable bonds is 6. The molecule has 0 saturated heterocycles. The van der Waals surface area contributed by atoms with Crippen molar-refractivity contribution in [2.45, 2.75) is 32.4 Å². The quantitative estimate of drug-likeness (QED) is 0.834. The van der Waals surface area contributed by atoms with Crippen molar-refractivity contribution in [3.05, 3.63) is 23.8 Å². The van der Waals surface area contributed by atoms with Crippen LogP contribution >= 0.6 is 0 Å². The third-order valence-corrected chi connectivity index (χ3v) is 3.83. The molecule has 1 aliphatic rings. The predicted octanol–water partition coefficient (Wildman–Crippen LogP) is 1.92. The van der Waals surface area contributed by atoms with Crippen molar-refractivity contribution in [3.8, 4) is 0 Å². The number of carbonyl (C=O) groups excluding carboxylic acids is 1. The van der Waals surface area contributed by atoms with Gasteiger partial charge in [-0.15, -0.1) is 0 Å². The molecule has 20 heavy (non-hydrogen) atoms. The topological polar surface area (TPSA) is 61.8 Å². The molecule has 0 bridgehead atoms. The standard InChI is InChI=1S/C15H22N2O3/c1-4-10(2)17(7-8-20-3)11-5-6-12-13(9-11)16-15(19)14(12)18/h5-6,9-10,14,18H,4,7-8H2,1-3H3,(H,16,19). The minimum absolute atomic E-state index is 0.357. The Morgan fingerprint density at radius 3 is 2.90 bits per heavy atom. The first kappa shape index (κ1) is 14.8. The van der Waals surface area contributed by atoms with Gasteiger partial charge < -0.3 is 20.1 Å². The lowest BCUT2D eigenvalue weighted by Gasteiger charge is -2.31. The zero-order valence-corrected chi connectivity index (χ0v) is 12.2. The van der Waals surface area contributed by atoms with Crippen molar-refractivity contribution in [2.24, 2.45) is 0 Å². The predicted molar refractivity (Wildman–Crippen MR) is 79.0 cm³/mol. The number of amides is 1. The molecule has 1 aromatic rings. The van der Waals surface area contributed by atoms with Gasteiger partial charge in [0.1, 0.15) is 0 Å². The zero-order chi connectivity index (χ0) is 14.7. The van der Waals surface area contributed by atoms with Crippen molar-refractivity contribution in [2.75, 3.05) is 30.5 Å². The first-order valence-electron chi connectivity index (χ1n) is 6.97. The second kappa shape index (κ2) is 6.24. The lowest BCUT2D eigenvalue weighted by molar-refractivity contribution is -0.123. The van der Waals surface area contributed by atoms with Gasteiger partial charge in [0, 0.05) is 36.6 Å². The smallest absolute Gasteiger partial charge is 0.257 e. The molecule has 2 N–H and O–H groups in total. The Morgan fingerprint density at radius 1 is 1.50 bits per heavy atom. The number of hydrogen-bond donors (Lipinski definition) is 2. The molecule has 1 heterocycles. The SMILES string of the molecule is CCC(C)N(CCOC)c1ccc2c(c1)NC(=O)C2O. The monoisotopic (exact) mass is 278 g/mol. The number of ether oxygens (including phenoxy) is 1. The summed E-state index contributed by atoms with van der Waals surface area (Å²) in [6.45, 7) is 5.75. The Balaban J connectivity index is 2.26. The lowest BCUT2D eigenvalue weighted by Crippen LogP contribution is -2.35. The van der Waals surface area contributed by atoms with E-state index in [1.807, 2.05) is 18.2 Å².